The third-order valence-corrected chi connectivity index (χ3v) is 8.17. The lowest BCUT2D eigenvalue weighted by Gasteiger charge is -2.20. The first-order valence-corrected chi connectivity index (χ1v) is 20.9. The molecule has 0 bridgehead atoms. The number of hydrogen-bond acceptors (Lipinski definition) is 7. The molecule has 0 rings (SSSR count). The smallest absolute Gasteiger partial charge is 0.457 e. The lowest BCUT2D eigenvalue weighted by Crippen LogP contribution is -2.28. The van der Waals surface area contributed by atoms with E-state index in [1.165, 1.54) is 0 Å². The van der Waals surface area contributed by atoms with Crippen LogP contribution in [0.4, 0.5) is 0 Å². The normalized spacial score (nSPS) is 14.8. The van der Waals surface area contributed by atoms with Crippen LogP contribution < -0.4 is 5.73 Å². The first-order valence-electron chi connectivity index (χ1n) is 19.4. The molecule has 52 heavy (non-hydrogen) atoms. The minimum absolute atomic E-state index is 0.0565. The highest BCUT2D eigenvalue weighted by molar-refractivity contribution is 7.47. The van der Waals surface area contributed by atoms with E-state index in [-0.39, 0.29) is 38.8 Å². The minimum Gasteiger partial charge on any atom is -0.457 e. The second kappa shape index (κ2) is 39.4. The van der Waals surface area contributed by atoms with E-state index >= 15 is 0 Å². The van der Waals surface area contributed by atoms with Crippen LogP contribution in [0.1, 0.15) is 117 Å². The number of unbranched alkanes of at least 4 members (excludes halogenated alkanes) is 4. The third-order valence-electron chi connectivity index (χ3n) is 7.19. The van der Waals surface area contributed by atoms with Crippen LogP contribution >= 0.6 is 7.82 Å². The Balaban J connectivity index is 4.28. The quantitative estimate of drug-likeness (QED) is 0.0285. The van der Waals surface area contributed by atoms with Gasteiger partial charge in [-0.05, 0) is 89.9 Å². The monoisotopic (exact) mass is 743 g/mol. The largest absolute Gasteiger partial charge is 0.472 e. The van der Waals surface area contributed by atoms with E-state index in [0.29, 0.717) is 13.0 Å². The van der Waals surface area contributed by atoms with Crippen LogP contribution in [0.15, 0.2) is 109 Å². The maximum Gasteiger partial charge on any atom is 0.472 e. The number of carbonyl (C=O) groups excluding carboxylic acids is 1. The van der Waals surface area contributed by atoms with Gasteiger partial charge in [-0.2, -0.15) is 0 Å². The summed E-state index contributed by atoms with van der Waals surface area (Å²) in [7, 11) is -4.31. The molecular formula is C43H70NO7P. The molecule has 0 fully saturated rings. The van der Waals surface area contributed by atoms with Crippen LogP contribution in [-0.2, 0) is 27.9 Å². The number of rotatable bonds is 35. The molecule has 9 heteroatoms. The molecule has 8 nitrogen and oxygen atoms in total. The van der Waals surface area contributed by atoms with Gasteiger partial charge in [0.1, 0.15) is 6.10 Å². The van der Waals surface area contributed by atoms with Crippen LogP contribution in [0.5, 0.6) is 0 Å². The predicted octanol–water partition coefficient (Wildman–Crippen LogP) is 11.3. The first kappa shape index (κ1) is 49.2. The Kier molecular flexibility index (Phi) is 37.2. The Morgan fingerprint density at radius 2 is 1.02 bits per heavy atom. The molecule has 3 N–H and O–H groups in total. The van der Waals surface area contributed by atoms with E-state index in [2.05, 4.69) is 123 Å². The predicted molar refractivity (Wildman–Crippen MR) is 219 cm³/mol. The minimum atomic E-state index is -4.31. The van der Waals surface area contributed by atoms with Gasteiger partial charge in [-0.15, -0.1) is 0 Å². The van der Waals surface area contributed by atoms with Gasteiger partial charge in [-0.25, -0.2) is 4.57 Å². The molecule has 0 heterocycles. The molecule has 2 unspecified atom stereocenters. The number of phosphoric acid groups is 1. The number of allylic oxidation sites excluding steroid dienone is 18. The van der Waals surface area contributed by atoms with Crippen molar-refractivity contribution in [2.24, 2.45) is 5.73 Å². The summed E-state index contributed by atoms with van der Waals surface area (Å²) in [5.74, 6) is -0.387. The van der Waals surface area contributed by atoms with Crippen molar-refractivity contribution < 1.29 is 32.8 Å². The van der Waals surface area contributed by atoms with E-state index in [1.807, 2.05) is 0 Å². The van der Waals surface area contributed by atoms with Crippen molar-refractivity contribution in [2.75, 3.05) is 33.0 Å². The summed E-state index contributed by atoms with van der Waals surface area (Å²) in [6.07, 6.45) is 52.6. The zero-order valence-electron chi connectivity index (χ0n) is 32.2. The van der Waals surface area contributed by atoms with Crippen molar-refractivity contribution >= 4 is 13.8 Å². The molecule has 0 saturated heterocycles. The van der Waals surface area contributed by atoms with E-state index in [0.717, 1.165) is 89.9 Å². The fourth-order valence-corrected chi connectivity index (χ4v) is 5.20. The zero-order chi connectivity index (χ0) is 38.1. The van der Waals surface area contributed by atoms with Gasteiger partial charge in [0.15, 0.2) is 0 Å². The Labute approximate surface area is 316 Å². The molecule has 0 radical (unpaired) electrons. The van der Waals surface area contributed by atoms with Gasteiger partial charge in [0.25, 0.3) is 0 Å². The fourth-order valence-electron chi connectivity index (χ4n) is 4.44. The summed E-state index contributed by atoms with van der Waals surface area (Å²) in [5.41, 5.74) is 5.35. The molecule has 0 amide bonds. The van der Waals surface area contributed by atoms with E-state index < -0.39 is 13.9 Å². The van der Waals surface area contributed by atoms with Crippen molar-refractivity contribution in [1.29, 1.82) is 0 Å². The van der Waals surface area contributed by atoms with Crippen molar-refractivity contribution in [3.05, 3.63) is 109 Å². The van der Waals surface area contributed by atoms with E-state index in [1.54, 1.807) is 0 Å². The first-order chi connectivity index (χ1) is 25.4. The highest BCUT2D eigenvalue weighted by Gasteiger charge is 2.25. The molecule has 0 aliphatic carbocycles. The van der Waals surface area contributed by atoms with Crippen molar-refractivity contribution in [1.82, 2.24) is 0 Å². The maximum atomic E-state index is 12.5. The average Bonchev–Trinajstić information content (AvgIpc) is 3.13. The molecule has 2 atom stereocenters. The SMILES string of the molecule is CC/C=C\C/C=C\C/C=C\C/C=C\C/C=C\CCCCCC(=O)OC(COCCC/C=C\C/C=C\C/C=C\C/C=C\CC)COP(=O)(O)OCCN. The maximum absolute atomic E-state index is 12.5. The highest BCUT2D eigenvalue weighted by Crippen LogP contribution is 2.43. The second-order valence-corrected chi connectivity index (χ2v) is 13.5. The molecule has 0 saturated carbocycles. The lowest BCUT2D eigenvalue weighted by atomic mass is 10.1. The van der Waals surface area contributed by atoms with Crippen molar-refractivity contribution in [3.8, 4) is 0 Å². The lowest BCUT2D eigenvalue weighted by molar-refractivity contribution is -0.154. The Morgan fingerprint density at radius 1 is 0.577 bits per heavy atom. The highest BCUT2D eigenvalue weighted by atomic mass is 31.2. The summed E-state index contributed by atoms with van der Waals surface area (Å²) in [6.45, 7) is 4.44. The van der Waals surface area contributed by atoms with Crippen LogP contribution in [0.3, 0.4) is 0 Å². The van der Waals surface area contributed by atoms with E-state index in [9.17, 15) is 14.3 Å². The van der Waals surface area contributed by atoms with Gasteiger partial charge >= 0.3 is 13.8 Å². The van der Waals surface area contributed by atoms with Gasteiger partial charge in [-0.3, -0.25) is 13.8 Å². The van der Waals surface area contributed by atoms with Gasteiger partial charge in [0.2, 0.25) is 0 Å². The summed E-state index contributed by atoms with van der Waals surface area (Å²) in [5, 5.41) is 0. The number of ether oxygens (including phenoxy) is 2. The Bertz CT molecular complexity index is 1150. The van der Waals surface area contributed by atoms with Crippen molar-refractivity contribution in [3.63, 3.8) is 0 Å². The van der Waals surface area contributed by atoms with Crippen molar-refractivity contribution in [2.45, 2.75) is 123 Å². The summed E-state index contributed by atoms with van der Waals surface area (Å²) in [4.78, 5) is 22.4. The summed E-state index contributed by atoms with van der Waals surface area (Å²) in [6, 6.07) is 0. The number of esters is 1. The molecule has 0 aliphatic heterocycles. The van der Waals surface area contributed by atoms with Gasteiger partial charge in [-0.1, -0.05) is 130 Å². The molecule has 0 aromatic rings. The summed E-state index contributed by atoms with van der Waals surface area (Å²) < 4.78 is 33.2. The number of carbonyl (C=O) groups is 1. The zero-order valence-corrected chi connectivity index (χ0v) is 33.1. The number of nitrogens with two attached hydrogens (primary N) is 1. The van der Waals surface area contributed by atoms with Crippen LogP contribution in [-0.4, -0.2) is 49.9 Å². The van der Waals surface area contributed by atoms with Gasteiger partial charge in [0, 0.05) is 19.6 Å². The molecular weight excluding hydrogens is 673 g/mol. The second-order valence-electron chi connectivity index (χ2n) is 12.0. The molecule has 294 valence electrons. The van der Waals surface area contributed by atoms with Crippen LogP contribution in [0, 0.1) is 0 Å². The van der Waals surface area contributed by atoms with Gasteiger partial charge < -0.3 is 20.1 Å². The number of phosphoric ester groups is 1. The Hall–Kier alpha value is -2.84. The van der Waals surface area contributed by atoms with Gasteiger partial charge in [0.05, 0.1) is 19.8 Å². The fraction of sp³-hybridized carbons (Fsp3) is 0.558. The molecule has 0 aromatic carbocycles. The molecule has 0 aliphatic rings. The van der Waals surface area contributed by atoms with E-state index in [4.69, 9.17) is 24.3 Å². The standard InChI is InChI=1S/C43H70NO7P/c1-3-5-7-9-11-13-15-17-19-20-21-22-23-24-26-28-30-32-34-36-43(45)51-42(41-50-52(46,47)49-39-37-44)40-48-38-35-33-31-29-27-25-18-16-14-12-10-8-6-4-2/h5-8,11-14,17-19,21-22,24-26,29,31,42H,3-4,9-10,15-16,20,23,27-28,30,32-41,44H2,1-2H3,(H,46,47)/b7-5-,8-6-,13-11-,14-12-,19-17-,22-21-,25-18-,26-24-,31-29-. The average molecular weight is 744 g/mol. The topological polar surface area (TPSA) is 117 Å². The summed E-state index contributed by atoms with van der Waals surface area (Å²) >= 11 is 0. The van der Waals surface area contributed by atoms with Crippen LogP contribution in [0.2, 0.25) is 0 Å². The molecule has 0 aromatic heterocycles. The number of hydrogen-bond donors (Lipinski definition) is 2. The molecule has 0 spiro atoms. The third kappa shape index (κ3) is 38.4. The van der Waals surface area contributed by atoms with Crippen LogP contribution in [0.25, 0.3) is 0 Å². The Morgan fingerprint density at radius 3 is 1.48 bits per heavy atom.